The molecule has 1 unspecified atom stereocenters. The van der Waals surface area contributed by atoms with Crippen LogP contribution < -0.4 is 0 Å². The molecule has 1 aromatic rings. The molecule has 3 heteroatoms. The summed E-state index contributed by atoms with van der Waals surface area (Å²) in [5, 5.41) is 8.97. The van der Waals surface area contributed by atoms with Crippen LogP contribution in [0.3, 0.4) is 0 Å². The lowest BCUT2D eigenvalue weighted by Gasteiger charge is -2.52. The number of carboxylic acids is 1. The molecule has 20 heavy (non-hydrogen) atoms. The van der Waals surface area contributed by atoms with Crippen molar-refractivity contribution in [2.45, 2.75) is 44.6 Å². The first kappa shape index (κ1) is 13.6. The molecule has 2 aliphatic rings. The van der Waals surface area contributed by atoms with Gasteiger partial charge >= 0.3 is 5.97 Å². The van der Waals surface area contributed by atoms with Crippen LogP contribution in [-0.4, -0.2) is 29.1 Å². The van der Waals surface area contributed by atoms with Crippen molar-refractivity contribution < 1.29 is 9.90 Å². The van der Waals surface area contributed by atoms with Crippen molar-refractivity contribution in [1.82, 2.24) is 4.90 Å². The average molecular weight is 273 g/mol. The normalized spacial score (nSPS) is 22.6. The van der Waals surface area contributed by atoms with Gasteiger partial charge in [-0.15, -0.1) is 0 Å². The highest BCUT2D eigenvalue weighted by Gasteiger charge is 2.46. The van der Waals surface area contributed by atoms with Crippen LogP contribution in [0.2, 0.25) is 0 Å². The minimum absolute atomic E-state index is 0.253. The number of rotatable bonds is 5. The molecule has 1 atom stereocenters. The summed E-state index contributed by atoms with van der Waals surface area (Å²) in [5.74, 6) is -0.693. The van der Waals surface area contributed by atoms with Gasteiger partial charge in [0.05, 0.1) is 0 Å². The number of hydrogen-bond donors (Lipinski definition) is 1. The quantitative estimate of drug-likeness (QED) is 0.893. The van der Waals surface area contributed by atoms with Crippen LogP contribution in [0.15, 0.2) is 30.3 Å². The van der Waals surface area contributed by atoms with Crippen LogP contribution in [0.4, 0.5) is 0 Å². The molecule has 108 valence electrons. The Bertz CT molecular complexity index is 457. The van der Waals surface area contributed by atoms with Gasteiger partial charge in [-0.25, -0.2) is 0 Å². The van der Waals surface area contributed by atoms with Gasteiger partial charge in [-0.1, -0.05) is 43.2 Å². The highest BCUT2D eigenvalue weighted by Crippen LogP contribution is 2.48. The molecule has 2 fully saturated rings. The van der Waals surface area contributed by atoms with Gasteiger partial charge < -0.3 is 5.11 Å². The van der Waals surface area contributed by atoms with Gasteiger partial charge in [0.2, 0.25) is 0 Å². The van der Waals surface area contributed by atoms with Crippen LogP contribution in [0.5, 0.6) is 0 Å². The van der Waals surface area contributed by atoms with E-state index in [2.05, 4.69) is 17.0 Å². The van der Waals surface area contributed by atoms with Gasteiger partial charge in [0, 0.05) is 25.6 Å². The van der Waals surface area contributed by atoms with E-state index in [1.807, 2.05) is 18.2 Å². The van der Waals surface area contributed by atoms with E-state index in [1.165, 1.54) is 31.2 Å². The molecule has 1 aliphatic carbocycles. The molecule has 0 bridgehead atoms. The minimum atomic E-state index is -0.693. The second-order valence-electron chi connectivity index (χ2n) is 6.47. The van der Waals surface area contributed by atoms with Gasteiger partial charge in [-0.3, -0.25) is 9.69 Å². The maximum Gasteiger partial charge on any atom is 0.303 e. The van der Waals surface area contributed by atoms with Crippen molar-refractivity contribution in [2.75, 3.05) is 13.1 Å². The first-order valence-electron chi connectivity index (χ1n) is 7.69. The Morgan fingerprint density at radius 1 is 1.20 bits per heavy atom. The van der Waals surface area contributed by atoms with Crippen molar-refractivity contribution in [3.8, 4) is 0 Å². The first-order valence-corrected chi connectivity index (χ1v) is 7.69. The number of carboxylic acid groups (broad SMARTS) is 1. The second kappa shape index (κ2) is 5.57. The van der Waals surface area contributed by atoms with Gasteiger partial charge in [0.25, 0.3) is 0 Å². The molecular weight excluding hydrogens is 250 g/mol. The van der Waals surface area contributed by atoms with Crippen molar-refractivity contribution in [3.05, 3.63) is 35.9 Å². The fraction of sp³-hybridized carbons (Fsp3) is 0.588. The standard InChI is InChI=1S/C17H23NO2/c19-16(20)9-8-15(14-6-2-1-3-7-14)18-12-17(13-18)10-4-5-11-17/h1-3,6-7,15H,4-5,8-13H2,(H,19,20). The summed E-state index contributed by atoms with van der Waals surface area (Å²) in [5.41, 5.74) is 1.83. The molecule has 3 nitrogen and oxygen atoms in total. The number of nitrogens with zero attached hydrogens (tertiary/aromatic N) is 1. The summed E-state index contributed by atoms with van der Waals surface area (Å²) in [4.78, 5) is 13.4. The molecule has 1 N–H and O–H groups in total. The molecule has 1 heterocycles. The van der Waals surface area contributed by atoms with E-state index in [1.54, 1.807) is 0 Å². The van der Waals surface area contributed by atoms with E-state index < -0.39 is 5.97 Å². The SMILES string of the molecule is O=C(O)CCC(c1ccccc1)N1CC2(CCCC2)C1. The third kappa shape index (κ3) is 2.73. The molecule has 1 saturated heterocycles. The second-order valence-corrected chi connectivity index (χ2v) is 6.47. The Labute approximate surface area is 120 Å². The van der Waals surface area contributed by atoms with Gasteiger partial charge in [-0.05, 0) is 30.2 Å². The molecule has 1 spiro atoms. The Morgan fingerprint density at radius 2 is 1.85 bits per heavy atom. The third-order valence-electron chi connectivity index (χ3n) is 5.00. The zero-order valence-corrected chi connectivity index (χ0v) is 11.9. The smallest absolute Gasteiger partial charge is 0.303 e. The van der Waals surface area contributed by atoms with E-state index >= 15 is 0 Å². The van der Waals surface area contributed by atoms with Gasteiger partial charge in [-0.2, -0.15) is 0 Å². The lowest BCUT2D eigenvalue weighted by molar-refractivity contribution is -0.137. The van der Waals surface area contributed by atoms with Crippen molar-refractivity contribution in [3.63, 3.8) is 0 Å². The monoisotopic (exact) mass is 273 g/mol. The Morgan fingerprint density at radius 3 is 2.45 bits per heavy atom. The highest BCUT2D eigenvalue weighted by atomic mass is 16.4. The third-order valence-corrected chi connectivity index (χ3v) is 5.00. The van der Waals surface area contributed by atoms with Crippen LogP contribution in [0.25, 0.3) is 0 Å². The topological polar surface area (TPSA) is 40.5 Å². The van der Waals surface area contributed by atoms with Crippen LogP contribution >= 0.6 is 0 Å². The fourth-order valence-electron chi connectivity index (χ4n) is 3.97. The largest absolute Gasteiger partial charge is 0.481 e. The Kier molecular flexibility index (Phi) is 3.79. The summed E-state index contributed by atoms with van der Waals surface area (Å²) in [6.07, 6.45) is 6.45. The zero-order valence-electron chi connectivity index (χ0n) is 11.9. The Balaban J connectivity index is 1.68. The fourth-order valence-corrected chi connectivity index (χ4v) is 3.97. The molecule has 0 radical (unpaired) electrons. The predicted octanol–water partition coefficient (Wildman–Crippen LogP) is 3.47. The summed E-state index contributed by atoms with van der Waals surface area (Å²) in [6.45, 7) is 2.32. The molecule has 0 aromatic heterocycles. The Hall–Kier alpha value is -1.35. The predicted molar refractivity (Wildman–Crippen MR) is 78.5 cm³/mol. The number of hydrogen-bond acceptors (Lipinski definition) is 2. The highest BCUT2D eigenvalue weighted by molar-refractivity contribution is 5.66. The molecule has 3 rings (SSSR count). The van der Waals surface area contributed by atoms with E-state index in [0.29, 0.717) is 5.41 Å². The van der Waals surface area contributed by atoms with Crippen molar-refractivity contribution in [2.24, 2.45) is 5.41 Å². The molecule has 0 amide bonds. The number of carbonyl (C=O) groups is 1. The lowest BCUT2D eigenvalue weighted by atomic mass is 9.76. The summed E-state index contributed by atoms with van der Waals surface area (Å²) in [6, 6.07) is 10.7. The summed E-state index contributed by atoms with van der Waals surface area (Å²) < 4.78 is 0. The van der Waals surface area contributed by atoms with E-state index in [4.69, 9.17) is 5.11 Å². The molecule has 1 aromatic carbocycles. The number of benzene rings is 1. The van der Waals surface area contributed by atoms with Gasteiger partial charge in [0.1, 0.15) is 0 Å². The summed E-state index contributed by atoms with van der Waals surface area (Å²) >= 11 is 0. The van der Waals surface area contributed by atoms with Crippen LogP contribution in [0.1, 0.15) is 50.1 Å². The van der Waals surface area contributed by atoms with Crippen molar-refractivity contribution >= 4 is 5.97 Å². The van der Waals surface area contributed by atoms with E-state index in [-0.39, 0.29) is 12.5 Å². The van der Waals surface area contributed by atoms with E-state index in [0.717, 1.165) is 19.5 Å². The van der Waals surface area contributed by atoms with Gasteiger partial charge in [0.15, 0.2) is 0 Å². The zero-order chi connectivity index (χ0) is 14.0. The number of likely N-dealkylation sites (tertiary alicyclic amines) is 1. The van der Waals surface area contributed by atoms with Crippen LogP contribution in [0, 0.1) is 5.41 Å². The maximum absolute atomic E-state index is 10.9. The van der Waals surface area contributed by atoms with Crippen LogP contribution in [-0.2, 0) is 4.79 Å². The summed E-state index contributed by atoms with van der Waals surface area (Å²) in [7, 11) is 0. The molecule has 1 aliphatic heterocycles. The lowest BCUT2D eigenvalue weighted by Crippen LogP contribution is -2.55. The molecule has 1 saturated carbocycles. The van der Waals surface area contributed by atoms with E-state index in [9.17, 15) is 4.79 Å². The average Bonchev–Trinajstić information content (AvgIpc) is 2.89. The maximum atomic E-state index is 10.9. The number of aliphatic carboxylic acids is 1. The molecular formula is C17H23NO2. The minimum Gasteiger partial charge on any atom is -0.481 e. The van der Waals surface area contributed by atoms with Crippen molar-refractivity contribution in [1.29, 1.82) is 0 Å². The first-order chi connectivity index (χ1) is 9.69.